The van der Waals surface area contributed by atoms with Crippen LogP contribution in [0.5, 0.6) is 0 Å². The van der Waals surface area contributed by atoms with Crippen LogP contribution in [-0.4, -0.2) is 23.2 Å². The van der Waals surface area contributed by atoms with E-state index in [0.29, 0.717) is 0 Å². The molecule has 4 unspecified atom stereocenters. The van der Waals surface area contributed by atoms with Crippen molar-refractivity contribution in [2.24, 2.45) is 5.92 Å². The minimum absolute atomic E-state index is 0.0214. The van der Waals surface area contributed by atoms with E-state index in [-0.39, 0.29) is 29.7 Å². The van der Waals surface area contributed by atoms with Crippen molar-refractivity contribution < 1.29 is 14.3 Å². The first-order chi connectivity index (χ1) is 8.16. The van der Waals surface area contributed by atoms with Gasteiger partial charge in [0, 0.05) is 18.0 Å². The van der Waals surface area contributed by atoms with Gasteiger partial charge >= 0.3 is 5.97 Å². The molecule has 0 aliphatic carbocycles. The summed E-state index contributed by atoms with van der Waals surface area (Å²) in [5.74, 6) is -1.43. The number of nitrogens with one attached hydrogen (secondary N) is 1. The summed E-state index contributed by atoms with van der Waals surface area (Å²) in [5.41, 5.74) is 0.929. The molecule has 90 valence electrons. The molecule has 2 fully saturated rings. The zero-order valence-corrected chi connectivity index (χ0v) is 9.27. The van der Waals surface area contributed by atoms with E-state index in [1.807, 2.05) is 0 Å². The fourth-order valence-corrected chi connectivity index (χ4v) is 3.32. The van der Waals surface area contributed by atoms with Crippen LogP contribution >= 0.6 is 0 Å². The van der Waals surface area contributed by atoms with Gasteiger partial charge in [-0.15, -0.1) is 0 Å². The normalized spacial score (nSPS) is 35.1. The molecule has 2 aliphatic heterocycles. The molecule has 2 aliphatic rings. The second-order valence-electron chi connectivity index (χ2n) is 4.90. The number of aliphatic carboxylic acids is 1. The van der Waals surface area contributed by atoms with Crippen molar-refractivity contribution in [3.8, 4) is 0 Å². The number of hydrogen-bond donors (Lipinski definition) is 2. The van der Waals surface area contributed by atoms with Gasteiger partial charge in [-0.25, -0.2) is 4.39 Å². The average molecular weight is 235 g/mol. The maximum Gasteiger partial charge on any atom is 0.308 e. The molecule has 2 saturated heterocycles. The Hall–Kier alpha value is -1.42. The van der Waals surface area contributed by atoms with E-state index >= 15 is 0 Å². The van der Waals surface area contributed by atoms with Crippen molar-refractivity contribution in [1.29, 1.82) is 0 Å². The Bertz CT molecular complexity index is 445. The van der Waals surface area contributed by atoms with Crippen LogP contribution in [-0.2, 0) is 4.79 Å². The van der Waals surface area contributed by atoms with Crippen LogP contribution in [0.3, 0.4) is 0 Å². The fraction of sp³-hybridized carbons (Fsp3) is 0.462. The Balaban J connectivity index is 1.95. The number of halogens is 1. The fourth-order valence-electron chi connectivity index (χ4n) is 3.32. The van der Waals surface area contributed by atoms with Gasteiger partial charge in [0.15, 0.2) is 0 Å². The van der Waals surface area contributed by atoms with Gasteiger partial charge in [-0.3, -0.25) is 4.79 Å². The maximum atomic E-state index is 12.9. The molecular weight excluding hydrogens is 221 g/mol. The Morgan fingerprint density at radius 2 is 1.88 bits per heavy atom. The standard InChI is InChI=1S/C13H14FNO2/c14-8-3-1-7(2-4-8)11-9-5-6-10(15-9)12(11)13(16)17/h1-4,9-12,15H,5-6H2,(H,16,17). The first-order valence-electron chi connectivity index (χ1n) is 5.91. The first kappa shape index (κ1) is 10.7. The summed E-state index contributed by atoms with van der Waals surface area (Å²) in [4.78, 5) is 11.3. The summed E-state index contributed by atoms with van der Waals surface area (Å²) in [5, 5.41) is 12.7. The van der Waals surface area contributed by atoms with Crippen LogP contribution in [0.15, 0.2) is 24.3 Å². The molecule has 0 spiro atoms. The van der Waals surface area contributed by atoms with Crippen LogP contribution in [0.25, 0.3) is 0 Å². The largest absolute Gasteiger partial charge is 0.481 e. The monoisotopic (exact) mass is 235 g/mol. The first-order valence-corrected chi connectivity index (χ1v) is 5.91. The SMILES string of the molecule is O=C(O)C1C2CCC(N2)C1c1ccc(F)cc1. The molecule has 17 heavy (non-hydrogen) atoms. The summed E-state index contributed by atoms with van der Waals surface area (Å²) in [6.45, 7) is 0. The summed E-state index contributed by atoms with van der Waals surface area (Å²) in [6, 6.07) is 6.52. The zero-order valence-electron chi connectivity index (χ0n) is 9.27. The summed E-state index contributed by atoms with van der Waals surface area (Å²) in [6.07, 6.45) is 1.94. The van der Waals surface area contributed by atoms with Gasteiger partial charge in [0.25, 0.3) is 0 Å². The topological polar surface area (TPSA) is 49.3 Å². The zero-order chi connectivity index (χ0) is 12.0. The van der Waals surface area contributed by atoms with E-state index in [4.69, 9.17) is 0 Å². The number of rotatable bonds is 2. The minimum Gasteiger partial charge on any atom is -0.481 e. The lowest BCUT2D eigenvalue weighted by Crippen LogP contribution is -2.32. The van der Waals surface area contributed by atoms with Crippen molar-refractivity contribution in [2.45, 2.75) is 30.8 Å². The van der Waals surface area contributed by atoms with Crippen molar-refractivity contribution in [1.82, 2.24) is 5.32 Å². The van der Waals surface area contributed by atoms with Crippen LogP contribution in [0.2, 0.25) is 0 Å². The van der Waals surface area contributed by atoms with Crippen molar-refractivity contribution in [3.63, 3.8) is 0 Å². The Labute approximate surface area is 98.6 Å². The summed E-state index contributed by atoms with van der Waals surface area (Å²) in [7, 11) is 0. The average Bonchev–Trinajstić information content (AvgIpc) is 2.89. The van der Waals surface area contributed by atoms with Gasteiger partial charge < -0.3 is 10.4 Å². The highest BCUT2D eigenvalue weighted by Crippen LogP contribution is 2.44. The van der Waals surface area contributed by atoms with E-state index in [0.717, 1.165) is 18.4 Å². The molecule has 4 atom stereocenters. The third-order valence-corrected chi connectivity index (χ3v) is 4.01. The van der Waals surface area contributed by atoms with E-state index < -0.39 is 5.97 Å². The van der Waals surface area contributed by atoms with Crippen LogP contribution in [0.1, 0.15) is 24.3 Å². The number of carbonyl (C=O) groups is 1. The minimum atomic E-state index is -0.751. The molecule has 2 heterocycles. The highest BCUT2D eigenvalue weighted by atomic mass is 19.1. The lowest BCUT2D eigenvalue weighted by Gasteiger charge is -2.26. The molecule has 1 aromatic rings. The van der Waals surface area contributed by atoms with Gasteiger partial charge in [-0.2, -0.15) is 0 Å². The third kappa shape index (κ3) is 1.63. The number of benzene rings is 1. The van der Waals surface area contributed by atoms with Crippen molar-refractivity contribution in [2.75, 3.05) is 0 Å². The van der Waals surface area contributed by atoms with Gasteiger partial charge in [-0.1, -0.05) is 12.1 Å². The third-order valence-electron chi connectivity index (χ3n) is 4.01. The number of fused-ring (bicyclic) bond motifs is 2. The van der Waals surface area contributed by atoms with Gasteiger partial charge in [0.2, 0.25) is 0 Å². The lowest BCUT2D eigenvalue weighted by atomic mass is 9.75. The van der Waals surface area contributed by atoms with E-state index in [1.165, 1.54) is 12.1 Å². The second-order valence-corrected chi connectivity index (χ2v) is 4.90. The van der Waals surface area contributed by atoms with Gasteiger partial charge in [-0.05, 0) is 30.5 Å². The lowest BCUT2D eigenvalue weighted by molar-refractivity contribution is -0.142. The quantitative estimate of drug-likeness (QED) is 0.821. The molecule has 2 bridgehead atoms. The molecule has 0 amide bonds. The second kappa shape index (κ2) is 3.81. The maximum absolute atomic E-state index is 12.9. The molecule has 1 aromatic carbocycles. The van der Waals surface area contributed by atoms with E-state index in [9.17, 15) is 14.3 Å². The molecule has 0 saturated carbocycles. The Morgan fingerprint density at radius 3 is 2.53 bits per heavy atom. The molecule has 0 aromatic heterocycles. The predicted octanol–water partition coefficient (Wildman–Crippen LogP) is 1.74. The molecule has 0 radical (unpaired) electrons. The molecule has 3 rings (SSSR count). The van der Waals surface area contributed by atoms with E-state index in [1.54, 1.807) is 12.1 Å². The summed E-state index contributed by atoms with van der Waals surface area (Å²) < 4.78 is 12.9. The van der Waals surface area contributed by atoms with Crippen molar-refractivity contribution in [3.05, 3.63) is 35.6 Å². The number of carboxylic acids is 1. The highest BCUT2D eigenvalue weighted by Gasteiger charge is 2.51. The van der Waals surface area contributed by atoms with Crippen LogP contribution < -0.4 is 5.32 Å². The van der Waals surface area contributed by atoms with Crippen molar-refractivity contribution >= 4 is 5.97 Å². The Morgan fingerprint density at radius 1 is 1.24 bits per heavy atom. The number of hydrogen-bond acceptors (Lipinski definition) is 2. The molecule has 2 N–H and O–H groups in total. The predicted molar refractivity (Wildman–Crippen MR) is 60.2 cm³/mol. The Kier molecular flexibility index (Phi) is 2.40. The summed E-state index contributed by atoms with van der Waals surface area (Å²) >= 11 is 0. The smallest absolute Gasteiger partial charge is 0.308 e. The van der Waals surface area contributed by atoms with Gasteiger partial charge in [0.1, 0.15) is 5.82 Å². The molecular formula is C13H14FNO2. The number of carboxylic acid groups (broad SMARTS) is 1. The van der Waals surface area contributed by atoms with E-state index in [2.05, 4.69) is 5.32 Å². The molecule has 4 heteroatoms. The van der Waals surface area contributed by atoms with Crippen LogP contribution in [0, 0.1) is 11.7 Å². The highest BCUT2D eigenvalue weighted by molar-refractivity contribution is 5.73. The van der Waals surface area contributed by atoms with Gasteiger partial charge in [0.05, 0.1) is 5.92 Å². The van der Waals surface area contributed by atoms with Crippen LogP contribution in [0.4, 0.5) is 4.39 Å². The molecule has 3 nitrogen and oxygen atoms in total.